The summed E-state index contributed by atoms with van der Waals surface area (Å²) in [6, 6.07) is 8.84. The van der Waals surface area contributed by atoms with Gasteiger partial charge in [-0.2, -0.15) is 0 Å². The highest BCUT2D eigenvalue weighted by molar-refractivity contribution is 5.94. The van der Waals surface area contributed by atoms with Crippen molar-refractivity contribution in [2.75, 3.05) is 19.6 Å². The summed E-state index contributed by atoms with van der Waals surface area (Å²) in [6.45, 7) is 4.83. The molecule has 1 N–H and O–H groups in total. The standard InChI is InChI=1S/C22H25FN2O3/c1-14-4-2-6-16(20(14)23)21(26)24-10-17-18-12-25(11-15-5-3-9-27-15)13-22(18)8-7-19(17)28-22/h2-6,9,17-19H,7-8,10-13H2,1H3,(H,24,26)/t17-,18+,19+,22+/m0/s1. The molecule has 0 radical (unpaired) electrons. The number of carbonyl (C=O) groups excluding carboxylic acids is 1. The zero-order chi connectivity index (χ0) is 19.3. The summed E-state index contributed by atoms with van der Waals surface area (Å²) in [5, 5.41) is 2.97. The Labute approximate surface area is 163 Å². The summed E-state index contributed by atoms with van der Waals surface area (Å²) in [5.74, 6) is 0.844. The number of likely N-dealkylation sites (tertiary alicyclic amines) is 1. The summed E-state index contributed by atoms with van der Waals surface area (Å²) in [6.07, 6.45) is 4.01. The Balaban J connectivity index is 1.26. The minimum absolute atomic E-state index is 0.0960. The topological polar surface area (TPSA) is 54.7 Å². The van der Waals surface area contributed by atoms with E-state index in [9.17, 15) is 9.18 Å². The molecule has 3 aliphatic heterocycles. The second-order valence-corrected chi connectivity index (χ2v) is 8.43. The van der Waals surface area contributed by atoms with E-state index in [0.717, 1.165) is 38.2 Å². The molecule has 0 aliphatic carbocycles. The van der Waals surface area contributed by atoms with Crippen LogP contribution in [0.1, 0.15) is 34.5 Å². The van der Waals surface area contributed by atoms with E-state index < -0.39 is 5.82 Å². The molecule has 5 rings (SSSR count). The minimum Gasteiger partial charge on any atom is -0.468 e. The lowest BCUT2D eigenvalue weighted by atomic mass is 9.73. The highest BCUT2D eigenvalue weighted by Crippen LogP contribution is 2.54. The maximum Gasteiger partial charge on any atom is 0.254 e. The molecule has 4 atom stereocenters. The summed E-state index contributed by atoms with van der Waals surface area (Å²) in [7, 11) is 0. The van der Waals surface area contributed by atoms with Gasteiger partial charge in [-0.3, -0.25) is 9.69 Å². The molecule has 2 aromatic rings. The van der Waals surface area contributed by atoms with Gasteiger partial charge in [-0.25, -0.2) is 4.39 Å². The average Bonchev–Trinajstić information content (AvgIpc) is 3.43. The van der Waals surface area contributed by atoms with Crippen LogP contribution in [0.15, 0.2) is 41.0 Å². The van der Waals surface area contributed by atoms with Crippen molar-refractivity contribution in [1.29, 1.82) is 0 Å². The number of furan rings is 1. The van der Waals surface area contributed by atoms with Gasteiger partial charge in [0, 0.05) is 31.5 Å². The van der Waals surface area contributed by atoms with Gasteiger partial charge in [0.1, 0.15) is 11.6 Å². The van der Waals surface area contributed by atoms with Gasteiger partial charge >= 0.3 is 0 Å². The molecular weight excluding hydrogens is 359 g/mol. The fourth-order valence-corrected chi connectivity index (χ4v) is 5.43. The molecule has 2 bridgehead atoms. The minimum atomic E-state index is -0.439. The number of carbonyl (C=O) groups is 1. The monoisotopic (exact) mass is 384 g/mol. The number of rotatable bonds is 5. The van der Waals surface area contributed by atoms with E-state index >= 15 is 0 Å². The Hall–Kier alpha value is -2.18. The zero-order valence-corrected chi connectivity index (χ0v) is 16.0. The van der Waals surface area contributed by atoms with Crippen molar-refractivity contribution in [3.05, 3.63) is 59.3 Å². The van der Waals surface area contributed by atoms with E-state index in [2.05, 4.69) is 10.2 Å². The lowest BCUT2D eigenvalue weighted by molar-refractivity contribution is 0.00168. The van der Waals surface area contributed by atoms with Gasteiger partial charge in [0.15, 0.2) is 0 Å². The summed E-state index contributed by atoms with van der Waals surface area (Å²) >= 11 is 0. The Kier molecular flexibility index (Phi) is 4.29. The summed E-state index contributed by atoms with van der Waals surface area (Å²) in [4.78, 5) is 14.9. The van der Waals surface area contributed by atoms with Crippen LogP contribution in [0.5, 0.6) is 0 Å². The highest BCUT2D eigenvalue weighted by Gasteiger charge is 2.62. The van der Waals surface area contributed by atoms with Crippen LogP contribution in [0.25, 0.3) is 0 Å². The van der Waals surface area contributed by atoms with Crippen LogP contribution in [0.4, 0.5) is 4.39 Å². The number of nitrogens with one attached hydrogen (secondary N) is 1. The van der Waals surface area contributed by atoms with Gasteiger partial charge in [0.2, 0.25) is 0 Å². The lowest BCUT2D eigenvalue weighted by Crippen LogP contribution is -2.42. The Morgan fingerprint density at radius 1 is 1.36 bits per heavy atom. The van der Waals surface area contributed by atoms with E-state index in [1.165, 1.54) is 6.07 Å². The third-order valence-electron chi connectivity index (χ3n) is 6.75. The molecule has 0 unspecified atom stereocenters. The van der Waals surface area contributed by atoms with E-state index in [0.29, 0.717) is 18.0 Å². The van der Waals surface area contributed by atoms with Crippen LogP contribution in [-0.2, 0) is 11.3 Å². The molecule has 28 heavy (non-hydrogen) atoms. The second-order valence-electron chi connectivity index (χ2n) is 8.43. The molecular formula is C22H25FN2O3. The largest absolute Gasteiger partial charge is 0.468 e. The van der Waals surface area contributed by atoms with Gasteiger partial charge in [0.05, 0.1) is 30.1 Å². The summed E-state index contributed by atoms with van der Waals surface area (Å²) < 4.78 is 26.2. The second kappa shape index (κ2) is 6.71. The number of amides is 1. The average molecular weight is 384 g/mol. The van der Waals surface area contributed by atoms with Crippen molar-refractivity contribution in [2.45, 2.75) is 38.0 Å². The maximum atomic E-state index is 14.2. The van der Waals surface area contributed by atoms with Crippen LogP contribution in [0, 0.1) is 24.6 Å². The van der Waals surface area contributed by atoms with Crippen molar-refractivity contribution < 1.29 is 18.3 Å². The quantitative estimate of drug-likeness (QED) is 0.861. The number of nitrogens with zero attached hydrogens (tertiary/aromatic N) is 1. The molecule has 4 heterocycles. The van der Waals surface area contributed by atoms with Crippen LogP contribution in [0.3, 0.4) is 0 Å². The molecule has 1 aromatic heterocycles. The zero-order valence-electron chi connectivity index (χ0n) is 16.0. The number of fused-ring (bicyclic) bond motifs is 1. The predicted molar refractivity (Wildman–Crippen MR) is 101 cm³/mol. The van der Waals surface area contributed by atoms with Gasteiger partial charge in [-0.05, 0) is 43.5 Å². The first kappa shape index (κ1) is 17.9. The number of benzene rings is 1. The number of aryl methyl sites for hydroxylation is 1. The molecule has 3 fully saturated rings. The van der Waals surface area contributed by atoms with Crippen LogP contribution in [-0.4, -0.2) is 42.1 Å². The number of hydrogen-bond acceptors (Lipinski definition) is 4. The fourth-order valence-electron chi connectivity index (χ4n) is 5.43. The van der Waals surface area contributed by atoms with Gasteiger partial charge in [-0.15, -0.1) is 0 Å². The molecule has 3 aliphatic rings. The van der Waals surface area contributed by atoms with E-state index in [1.807, 2.05) is 12.1 Å². The van der Waals surface area contributed by atoms with Gasteiger partial charge in [0.25, 0.3) is 5.91 Å². The fraction of sp³-hybridized carbons (Fsp3) is 0.500. The van der Waals surface area contributed by atoms with Crippen molar-refractivity contribution in [2.24, 2.45) is 11.8 Å². The number of hydrogen-bond donors (Lipinski definition) is 1. The molecule has 0 saturated carbocycles. The van der Waals surface area contributed by atoms with Crippen LogP contribution in [0.2, 0.25) is 0 Å². The molecule has 5 nitrogen and oxygen atoms in total. The van der Waals surface area contributed by atoms with Crippen molar-refractivity contribution in [3.63, 3.8) is 0 Å². The first-order chi connectivity index (χ1) is 13.6. The first-order valence-corrected chi connectivity index (χ1v) is 10.0. The number of halogens is 1. The Bertz CT molecular complexity index is 884. The molecule has 3 saturated heterocycles. The van der Waals surface area contributed by atoms with Crippen molar-refractivity contribution in [3.8, 4) is 0 Å². The van der Waals surface area contributed by atoms with E-state index in [1.54, 1.807) is 25.3 Å². The molecule has 1 aromatic carbocycles. The maximum absolute atomic E-state index is 14.2. The third-order valence-corrected chi connectivity index (χ3v) is 6.75. The molecule has 6 heteroatoms. The SMILES string of the molecule is Cc1cccc(C(=O)NC[C@H]2[C@H]3CN(Cc4ccco4)C[C@]34CC[C@H]2O4)c1F. The highest BCUT2D eigenvalue weighted by atomic mass is 19.1. The van der Waals surface area contributed by atoms with E-state index in [-0.39, 0.29) is 29.1 Å². The third kappa shape index (κ3) is 2.86. The molecule has 1 amide bonds. The predicted octanol–water partition coefficient (Wildman–Crippen LogP) is 3.14. The van der Waals surface area contributed by atoms with Crippen LogP contribution >= 0.6 is 0 Å². The van der Waals surface area contributed by atoms with Crippen LogP contribution < -0.4 is 5.32 Å². The molecule has 1 spiro atoms. The first-order valence-electron chi connectivity index (χ1n) is 10.0. The molecule has 148 valence electrons. The van der Waals surface area contributed by atoms with Crippen molar-refractivity contribution >= 4 is 5.91 Å². The summed E-state index contributed by atoms with van der Waals surface area (Å²) in [5.41, 5.74) is 0.505. The number of ether oxygens (including phenoxy) is 1. The lowest BCUT2D eigenvalue weighted by Gasteiger charge is -2.29. The van der Waals surface area contributed by atoms with Gasteiger partial charge in [-0.1, -0.05) is 12.1 Å². The Morgan fingerprint density at radius 3 is 3.07 bits per heavy atom. The smallest absolute Gasteiger partial charge is 0.254 e. The van der Waals surface area contributed by atoms with Gasteiger partial charge < -0.3 is 14.5 Å². The van der Waals surface area contributed by atoms with Crippen molar-refractivity contribution in [1.82, 2.24) is 10.2 Å². The normalized spacial score (nSPS) is 31.3. The Morgan fingerprint density at radius 2 is 2.25 bits per heavy atom. The van der Waals surface area contributed by atoms with E-state index in [4.69, 9.17) is 9.15 Å².